The van der Waals surface area contributed by atoms with Gasteiger partial charge in [-0.25, -0.2) is 0 Å². The first-order chi connectivity index (χ1) is 13.8. The van der Waals surface area contributed by atoms with Crippen molar-refractivity contribution in [2.24, 2.45) is 5.92 Å². The molecule has 0 unspecified atom stereocenters. The first-order valence-corrected chi connectivity index (χ1v) is 13.8. The van der Waals surface area contributed by atoms with Crippen molar-refractivity contribution in [1.82, 2.24) is 0 Å². The smallest absolute Gasteiger partial charge is 0.0420 e. The molecule has 0 aliphatic heterocycles. The van der Waals surface area contributed by atoms with Crippen molar-refractivity contribution in [2.75, 3.05) is 0 Å². The van der Waals surface area contributed by atoms with Crippen molar-refractivity contribution in [3.8, 4) is 0 Å². The Morgan fingerprint density at radius 3 is 0.821 bits per heavy atom. The van der Waals surface area contributed by atoms with Crippen LogP contribution in [-0.4, -0.2) is 0 Å². The molecule has 0 bridgehead atoms. The third kappa shape index (κ3) is 22.3. The maximum absolute atomic E-state index is 2.35. The van der Waals surface area contributed by atoms with Gasteiger partial charge in [0.2, 0.25) is 0 Å². The van der Waals surface area contributed by atoms with Gasteiger partial charge in [-0.1, -0.05) is 175 Å². The number of unbranched alkanes of at least 4 members (excludes halogenated alkanes) is 20. The Bertz CT molecular complexity index is 253. The van der Waals surface area contributed by atoms with E-state index in [-0.39, 0.29) is 0 Å². The summed E-state index contributed by atoms with van der Waals surface area (Å²) < 4.78 is 0. The second-order valence-corrected chi connectivity index (χ2v) is 9.54. The summed E-state index contributed by atoms with van der Waals surface area (Å²) in [4.78, 5) is 0. The zero-order valence-corrected chi connectivity index (χ0v) is 20.5. The molecule has 0 atom stereocenters. The van der Waals surface area contributed by atoms with Crippen LogP contribution in [0.1, 0.15) is 175 Å². The summed E-state index contributed by atoms with van der Waals surface area (Å²) in [6.07, 6.45) is 35.3. The van der Waals surface area contributed by atoms with Crippen molar-refractivity contribution in [1.29, 1.82) is 0 Å². The Kier molecular flexibility index (Phi) is 25.0. The Morgan fingerprint density at radius 1 is 0.321 bits per heavy atom. The average Bonchev–Trinajstić information content (AvgIpc) is 2.72. The standard InChI is InChI=1S/C28H58/c1-4-7-8-9-10-11-12-13-14-15-16-17-18-19-20-21-22-23-24-25-26-27-28(5-2)6-3/h28H,4-27H2,1-3H3. The third-order valence-corrected chi connectivity index (χ3v) is 6.87. The van der Waals surface area contributed by atoms with Crippen LogP contribution in [0.3, 0.4) is 0 Å². The molecule has 28 heavy (non-hydrogen) atoms. The predicted octanol–water partition coefficient (Wildman–Crippen LogP) is 11.0. The lowest BCUT2D eigenvalue weighted by atomic mass is 9.95. The van der Waals surface area contributed by atoms with Crippen molar-refractivity contribution in [3.05, 3.63) is 0 Å². The normalized spacial score (nSPS) is 11.6. The number of rotatable bonds is 24. The van der Waals surface area contributed by atoms with Gasteiger partial charge in [0, 0.05) is 0 Å². The molecule has 170 valence electrons. The highest BCUT2D eigenvalue weighted by Crippen LogP contribution is 2.18. The van der Waals surface area contributed by atoms with Crippen molar-refractivity contribution in [2.45, 2.75) is 175 Å². The quantitative estimate of drug-likeness (QED) is 0.143. The fourth-order valence-corrected chi connectivity index (χ4v) is 4.56. The van der Waals surface area contributed by atoms with Crippen molar-refractivity contribution in [3.63, 3.8) is 0 Å². The van der Waals surface area contributed by atoms with Gasteiger partial charge in [0.1, 0.15) is 0 Å². The lowest BCUT2D eigenvalue weighted by Crippen LogP contribution is -1.96. The summed E-state index contributed by atoms with van der Waals surface area (Å²) in [7, 11) is 0. The minimum absolute atomic E-state index is 1.00. The molecule has 0 saturated heterocycles. The first kappa shape index (κ1) is 28.0. The summed E-state index contributed by atoms with van der Waals surface area (Å²) in [6.45, 7) is 7.01. The second kappa shape index (κ2) is 25.0. The van der Waals surface area contributed by atoms with Gasteiger partial charge in [0.15, 0.2) is 0 Å². The summed E-state index contributed by atoms with van der Waals surface area (Å²) in [5.74, 6) is 1.00. The molecule has 0 fully saturated rings. The van der Waals surface area contributed by atoms with Crippen LogP contribution in [0.2, 0.25) is 0 Å². The molecule has 0 N–H and O–H groups in total. The van der Waals surface area contributed by atoms with Crippen LogP contribution in [0.4, 0.5) is 0 Å². The molecule has 0 aromatic rings. The molecule has 0 heteroatoms. The fourth-order valence-electron chi connectivity index (χ4n) is 4.56. The molecular weight excluding hydrogens is 336 g/mol. The van der Waals surface area contributed by atoms with Gasteiger partial charge in [-0.05, 0) is 5.92 Å². The van der Waals surface area contributed by atoms with E-state index < -0.39 is 0 Å². The highest BCUT2D eigenvalue weighted by Gasteiger charge is 2.02. The molecule has 0 nitrogen and oxygen atoms in total. The van der Waals surface area contributed by atoms with E-state index in [0.29, 0.717) is 0 Å². The molecular formula is C28H58. The molecule has 0 aliphatic carbocycles. The second-order valence-electron chi connectivity index (χ2n) is 9.54. The predicted molar refractivity (Wildman–Crippen MR) is 131 cm³/mol. The van der Waals surface area contributed by atoms with E-state index in [1.807, 2.05) is 0 Å². The van der Waals surface area contributed by atoms with Crippen LogP contribution < -0.4 is 0 Å². The Morgan fingerprint density at radius 2 is 0.571 bits per heavy atom. The molecule has 0 aromatic carbocycles. The SMILES string of the molecule is CCCCCCCCCCCCCCCCCCCCCCCC(CC)CC. The summed E-state index contributed by atoms with van der Waals surface area (Å²) in [6, 6.07) is 0. The Hall–Kier alpha value is 0. The van der Waals surface area contributed by atoms with Crippen LogP contribution in [-0.2, 0) is 0 Å². The van der Waals surface area contributed by atoms with E-state index in [0.717, 1.165) is 5.92 Å². The zero-order valence-electron chi connectivity index (χ0n) is 20.5. The molecule has 0 aromatic heterocycles. The molecule has 0 saturated carbocycles. The highest BCUT2D eigenvalue weighted by molar-refractivity contribution is 4.56. The molecule has 0 radical (unpaired) electrons. The zero-order chi connectivity index (χ0) is 20.5. The fraction of sp³-hybridized carbons (Fsp3) is 1.00. The number of hydrogen-bond acceptors (Lipinski definition) is 0. The van der Waals surface area contributed by atoms with Gasteiger partial charge in [-0.15, -0.1) is 0 Å². The molecule has 0 amide bonds. The lowest BCUT2D eigenvalue weighted by Gasteiger charge is -2.11. The summed E-state index contributed by atoms with van der Waals surface area (Å²) >= 11 is 0. The Labute approximate surface area is 181 Å². The average molecular weight is 395 g/mol. The summed E-state index contributed by atoms with van der Waals surface area (Å²) in [5, 5.41) is 0. The van der Waals surface area contributed by atoms with Crippen LogP contribution in [0.15, 0.2) is 0 Å². The largest absolute Gasteiger partial charge is 0.0654 e. The van der Waals surface area contributed by atoms with Gasteiger partial charge in [0.25, 0.3) is 0 Å². The van der Waals surface area contributed by atoms with E-state index in [4.69, 9.17) is 0 Å². The van der Waals surface area contributed by atoms with Gasteiger partial charge in [0.05, 0.1) is 0 Å². The van der Waals surface area contributed by atoms with Crippen LogP contribution in [0.5, 0.6) is 0 Å². The van der Waals surface area contributed by atoms with Crippen LogP contribution in [0.25, 0.3) is 0 Å². The molecule has 0 rings (SSSR count). The lowest BCUT2D eigenvalue weighted by molar-refractivity contribution is 0.426. The highest BCUT2D eigenvalue weighted by atomic mass is 14.1. The minimum Gasteiger partial charge on any atom is -0.0654 e. The van der Waals surface area contributed by atoms with E-state index in [9.17, 15) is 0 Å². The van der Waals surface area contributed by atoms with Crippen LogP contribution in [0, 0.1) is 5.92 Å². The van der Waals surface area contributed by atoms with Crippen LogP contribution >= 0.6 is 0 Å². The van der Waals surface area contributed by atoms with E-state index >= 15 is 0 Å². The van der Waals surface area contributed by atoms with E-state index in [1.54, 1.807) is 0 Å². The number of hydrogen-bond donors (Lipinski definition) is 0. The molecule has 0 spiro atoms. The molecule has 0 aliphatic rings. The van der Waals surface area contributed by atoms with Crippen molar-refractivity contribution < 1.29 is 0 Å². The molecule has 0 heterocycles. The maximum atomic E-state index is 2.35. The first-order valence-electron chi connectivity index (χ1n) is 13.8. The minimum atomic E-state index is 1.00. The monoisotopic (exact) mass is 394 g/mol. The summed E-state index contributed by atoms with van der Waals surface area (Å²) in [5.41, 5.74) is 0. The van der Waals surface area contributed by atoms with Gasteiger partial charge in [-0.2, -0.15) is 0 Å². The van der Waals surface area contributed by atoms with E-state index in [1.165, 1.54) is 154 Å². The van der Waals surface area contributed by atoms with Crippen molar-refractivity contribution >= 4 is 0 Å². The van der Waals surface area contributed by atoms with Gasteiger partial charge < -0.3 is 0 Å². The van der Waals surface area contributed by atoms with Gasteiger partial charge >= 0.3 is 0 Å². The third-order valence-electron chi connectivity index (χ3n) is 6.87. The van der Waals surface area contributed by atoms with E-state index in [2.05, 4.69) is 20.8 Å². The van der Waals surface area contributed by atoms with Gasteiger partial charge in [-0.3, -0.25) is 0 Å². The maximum Gasteiger partial charge on any atom is -0.0420 e. The topological polar surface area (TPSA) is 0 Å². The Balaban J connectivity index is 3.03.